The van der Waals surface area contributed by atoms with Crippen molar-refractivity contribution < 1.29 is 24.1 Å². The highest BCUT2D eigenvalue weighted by Gasteiger charge is 2.32. The molecule has 0 aliphatic carbocycles. The number of nitrogens with zero attached hydrogens (tertiary/aromatic N) is 3. The monoisotopic (exact) mass is 385 g/mol. The predicted octanol–water partition coefficient (Wildman–Crippen LogP) is 2.51. The average molecular weight is 385 g/mol. The highest BCUT2D eigenvalue weighted by molar-refractivity contribution is 8.76. The first-order valence-corrected chi connectivity index (χ1v) is 9.58. The Bertz CT molecular complexity index is 666. The van der Waals surface area contributed by atoms with Gasteiger partial charge in [0, 0.05) is 30.6 Å². The molecule has 0 spiro atoms. The number of hydrogen-bond donors (Lipinski definition) is 0. The summed E-state index contributed by atoms with van der Waals surface area (Å²) in [7, 11) is 2.81. The molecule has 0 bridgehead atoms. The van der Waals surface area contributed by atoms with Crippen LogP contribution in [-0.4, -0.2) is 38.0 Å². The van der Waals surface area contributed by atoms with Crippen LogP contribution in [0.4, 0.5) is 5.69 Å². The second-order valence-corrected chi connectivity index (χ2v) is 7.85. The van der Waals surface area contributed by atoms with Crippen LogP contribution in [0.2, 0.25) is 0 Å². The predicted molar refractivity (Wildman–Crippen MR) is 90.2 cm³/mol. The van der Waals surface area contributed by atoms with Gasteiger partial charge in [0.15, 0.2) is 0 Å². The molecule has 1 aliphatic heterocycles. The largest absolute Gasteiger partial charge is 0.333 e. The fraction of sp³-hybridized carbons (Fsp3) is 0.429. The van der Waals surface area contributed by atoms with Gasteiger partial charge in [-0.1, -0.05) is 17.7 Å². The quantitative estimate of drug-likeness (QED) is 0.287. The summed E-state index contributed by atoms with van der Waals surface area (Å²) in [6, 6.07) is 2.93. The molecule has 1 aliphatic rings. The van der Waals surface area contributed by atoms with Gasteiger partial charge in [-0.25, -0.2) is 9.78 Å². The molecule has 1 saturated heterocycles. The molecular formula is C14H15N3O6S2. The van der Waals surface area contributed by atoms with Crippen LogP contribution in [0, 0.1) is 10.1 Å². The van der Waals surface area contributed by atoms with E-state index in [9.17, 15) is 24.5 Å². The van der Waals surface area contributed by atoms with Crippen molar-refractivity contribution >= 4 is 45.1 Å². The van der Waals surface area contributed by atoms with Crippen molar-refractivity contribution in [2.75, 3.05) is 0 Å². The number of imide groups is 1. The van der Waals surface area contributed by atoms with Crippen LogP contribution in [0.3, 0.4) is 0 Å². The SMILES string of the molecule is CC(CCC(=O)ON1C(=O)CCC1=O)SSc1ccc([N+](=O)[O-])cn1. The first-order chi connectivity index (χ1) is 11.9. The summed E-state index contributed by atoms with van der Waals surface area (Å²) in [6.45, 7) is 1.91. The number of amides is 2. The van der Waals surface area contributed by atoms with Crippen LogP contribution < -0.4 is 0 Å². The minimum Gasteiger partial charge on any atom is -0.330 e. The van der Waals surface area contributed by atoms with Crippen molar-refractivity contribution in [3.05, 3.63) is 28.4 Å². The lowest BCUT2D eigenvalue weighted by molar-refractivity contribution is -0.385. The second-order valence-electron chi connectivity index (χ2n) is 5.19. The molecule has 0 aromatic carbocycles. The van der Waals surface area contributed by atoms with Crippen molar-refractivity contribution in [3.63, 3.8) is 0 Å². The Hall–Kier alpha value is -2.14. The highest BCUT2D eigenvalue weighted by atomic mass is 33.1. The first-order valence-electron chi connectivity index (χ1n) is 7.37. The van der Waals surface area contributed by atoms with Crippen LogP contribution in [0.5, 0.6) is 0 Å². The molecule has 2 rings (SSSR count). The van der Waals surface area contributed by atoms with E-state index < -0.39 is 22.7 Å². The van der Waals surface area contributed by atoms with Crippen molar-refractivity contribution in [1.29, 1.82) is 0 Å². The van der Waals surface area contributed by atoms with E-state index in [-0.39, 0.29) is 30.2 Å². The molecule has 2 heterocycles. The summed E-state index contributed by atoms with van der Waals surface area (Å²) in [4.78, 5) is 53.2. The van der Waals surface area contributed by atoms with Crippen molar-refractivity contribution in [2.45, 2.75) is 42.9 Å². The molecule has 1 fully saturated rings. The van der Waals surface area contributed by atoms with Crippen molar-refractivity contribution in [1.82, 2.24) is 10.0 Å². The molecule has 25 heavy (non-hydrogen) atoms. The summed E-state index contributed by atoms with van der Waals surface area (Å²) in [5, 5.41) is 11.8. The van der Waals surface area contributed by atoms with Gasteiger partial charge in [-0.05, 0) is 23.3 Å². The van der Waals surface area contributed by atoms with Gasteiger partial charge < -0.3 is 4.84 Å². The molecule has 0 N–H and O–H groups in total. The Morgan fingerprint density at radius 3 is 2.64 bits per heavy atom. The zero-order valence-electron chi connectivity index (χ0n) is 13.2. The Morgan fingerprint density at radius 2 is 2.08 bits per heavy atom. The molecule has 134 valence electrons. The number of aromatic nitrogens is 1. The van der Waals surface area contributed by atoms with Gasteiger partial charge in [0.25, 0.3) is 17.5 Å². The minimum absolute atomic E-state index is 0.0667. The zero-order valence-corrected chi connectivity index (χ0v) is 14.9. The van der Waals surface area contributed by atoms with Gasteiger partial charge in [0.2, 0.25) is 0 Å². The molecular weight excluding hydrogens is 370 g/mol. The number of nitro groups is 1. The Labute approximate surface area is 151 Å². The Morgan fingerprint density at radius 1 is 1.40 bits per heavy atom. The fourth-order valence-electron chi connectivity index (χ4n) is 1.84. The third-order valence-electron chi connectivity index (χ3n) is 3.18. The normalized spacial score (nSPS) is 15.3. The molecule has 1 atom stereocenters. The van der Waals surface area contributed by atoms with E-state index >= 15 is 0 Å². The Balaban J connectivity index is 1.70. The number of pyridine rings is 1. The molecule has 0 radical (unpaired) electrons. The van der Waals surface area contributed by atoms with Gasteiger partial charge in [-0.2, -0.15) is 0 Å². The lowest BCUT2D eigenvalue weighted by atomic mass is 10.2. The lowest BCUT2D eigenvalue weighted by Gasteiger charge is -2.13. The van der Waals surface area contributed by atoms with Gasteiger partial charge >= 0.3 is 5.97 Å². The summed E-state index contributed by atoms with van der Waals surface area (Å²) < 4.78 is 0. The second kappa shape index (κ2) is 8.81. The maximum atomic E-state index is 11.7. The summed E-state index contributed by atoms with van der Waals surface area (Å²) >= 11 is 0. The Kier molecular flexibility index (Phi) is 6.76. The molecule has 1 unspecified atom stereocenters. The molecule has 1 aromatic rings. The number of carbonyl (C=O) groups excluding carboxylic acids is 3. The van der Waals surface area contributed by atoms with Gasteiger partial charge in [0.1, 0.15) is 11.2 Å². The van der Waals surface area contributed by atoms with E-state index in [1.54, 1.807) is 6.07 Å². The smallest absolute Gasteiger partial charge is 0.330 e. The molecule has 1 aromatic heterocycles. The molecule has 9 nitrogen and oxygen atoms in total. The number of rotatable bonds is 8. The van der Waals surface area contributed by atoms with Crippen LogP contribution in [0.25, 0.3) is 0 Å². The standard InChI is InChI=1S/C14H15N3O6S2/c1-9(24-25-11-4-3-10(8-15-11)17(21)22)2-7-14(20)23-16-12(18)5-6-13(16)19/h3-4,8-9H,2,5-7H2,1H3. The van der Waals surface area contributed by atoms with E-state index in [4.69, 9.17) is 4.84 Å². The average Bonchev–Trinajstić information content (AvgIpc) is 2.90. The molecule has 2 amide bonds. The van der Waals surface area contributed by atoms with Crippen LogP contribution >= 0.6 is 21.6 Å². The number of hydrogen-bond acceptors (Lipinski definition) is 9. The third-order valence-corrected chi connectivity index (χ3v) is 6.04. The van der Waals surface area contributed by atoms with E-state index in [0.717, 1.165) is 0 Å². The van der Waals surface area contributed by atoms with E-state index in [2.05, 4.69) is 4.98 Å². The maximum Gasteiger partial charge on any atom is 0.333 e. The van der Waals surface area contributed by atoms with Crippen LogP contribution in [0.15, 0.2) is 23.4 Å². The third kappa shape index (κ3) is 5.71. The van der Waals surface area contributed by atoms with E-state index in [0.29, 0.717) is 16.5 Å². The van der Waals surface area contributed by atoms with E-state index in [1.165, 1.54) is 33.9 Å². The van der Waals surface area contributed by atoms with Crippen LogP contribution in [-0.2, 0) is 19.2 Å². The summed E-state index contributed by atoms with van der Waals surface area (Å²) in [5.74, 6) is -1.63. The van der Waals surface area contributed by atoms with E-state index in [1.807, 2.05) is 6.92 Å². The van der Waals surface area contributed by atoms with Crippen molar-refractivity contribution in [3.8, 4) is 0 Å². The first kappa shape index (κ1) is 19.2. The molecule has 11 heteroatoms. The number of hydroxylamine groups is 2. The highest BCUT2D eigenvalue weighted by Crippen LogP contribution is 2.35. The topological polar surface area (TPSA) is 120 Å². The lowest BCUT2D eigenvalue weighted by Crippen LogP contribution is -2.32. The maximum absolute atomic E-state index is 11.7. The van der Waals surface area contributed by atoms with Gasteiger partial charge in [-0.3, -0.25) is 19.7 Å². The minimum atomic E-state index is -0.630. The van der Waals surface area contributed by atoms with Gasteiger partial charge in [-0.15, -0.1) is 5.06 Å². The summed E-state index contributed by atoms with van der Waals surface area (Å²) in [6.07, 6.45) is 1.88. The number of carbonyl (C=O) groups is 3. The van der Waals surface area contributed by atoms with Gasteiger partial charge in [0.05, 0.1) is 4.92 Å². The fourth-order valence-corrected chi connectivity index (χ4v) is 3.91. The zero-order chi connectivity index (χ0) is 18.4. The van der Waals surface area contributed by atoms with Crippen molar-refractivity contribution in [2.24, 2.45) is 0 Å². The summed E-state index contributed by atoms with van der Waals surface area (Å²) in [5.41, 5.74) is -0.0730. The molecule has 0 saturated carbocycles. The van der Waals surface area contributed by atoms with Crippen LogP contribution in [0.1, 0.15) is 32.6 Å².